The van der Waals surface area contributed by atoms with Gasteiger partial charge in [0, 0.05) is 48.7 Å². The summed E-state index contributed by atoms with van der Waals surface area (Å²) in [7, 11) is -6.19. The third kappa shape index (κ3) is 16.9. The Labute approximate surface area is 327 Å². The molecule has 3 rings (SSSR count). The molecule has 0 atom stereocenters. The second-order valence-corrected chi connectivity index (χ2v) is 19.8. The molecule has 12 nitrogen and oxygen atoms in total. The molecule has 0 spiro atoms. The van der Waals surface area contributed by atoms with E-state index in [1.54, 1.807) is 0 Å². The second kappa shape index (κ2) is 23.1. The largest absolute Gasteiger partial charge is 0.506 e. The summed E-state index contributed by atoms with van der Waals surface area (Å²) in [6.07, 6.45) is -0.355. The van der Waals surface area contributed by atoms with Crippen LogP contribution in [0.5, 0.6) is 23.0 Å². The molecule has 14 heteroatoms. The molecule has 0 saturated heterocycles. The summed E-state index contributed by atoms with van der Waals surface area (Å²) in [6, 6.07) is 12.8. The molecule has 1 heterocycles. The van der Waals surface area contributed by atoms with Crippen LogP contribution in [0.2, 0.25) is 0 Å². The van der Waals surface area contributed by atoms with Crippen molar-refractivity contribution >= 4 is 17.6 Å². The predicted molar refractivity (Wildman–Crippen MR) is 213 cm³/mol. The smallest absolute Gasteiger partial charge is 0.487 e. The van der Waals surface area contributed by atoms with Gasteiger partial charge in [0.05, 0.1) is 26.4 Å². The van der Waals surface area contributed by atoms with Gasteiger partial charge in [-0.2, -0.15) is 0 Å². The summed E-state index contributed by atoms with van der Waals surface area (Å²) >= 11 is 0. The van der Waals surface area contributed by atoms with E-state index in [-0.39, 0.29) is 36.6 Å². The van der Waals surface area contributed by atoms with Crippen LogP contribution in [0.4, 0.5) is 0 Å². The monoisotopic (exact) mass is 796 g/mol. The fourth-order valence-electron chi connectivity index (χ4n) is 5.91. The van der Waals surface area contributed by atoms with Crippen molar-refractivity contribution in [2.45, 2.75) is 132 Å². The summed E-state index contributed by atoms with van der Waals surface area (Å²) in [6.45, 7) is 26.7. The van der Waals surface area contributed by atoms with Crippen molar-refractivity contribution in [3.63, 3.8) is 0 Å². The van der Waals surface area contributed by atoms with Crippen molar-refractivity contribution in [3.05, 3.63) is 47.5 Å². The lowest BCUT2D eigenvalue weighted by molar-refractivity contribution is 0.00112. The highest BCUT2D eigenvalue weighted by molar-refractivity contribution is 6.60. The Balaban J connectivity index is 1.74. The van der Waals surface area contributed by atoms with Gasteiger partial charge in [-0.3, -0.25) is 0 Å². The van der Waals surface area contributed by atoms with Crippen LogP contribution in [0, 0.1) is 0 Å². The van der Waals surface area contributed by atoms with Gasteiger partial charge in [-0.05, 0) is 118 Å². The van der Waals surface area contributed by atoms with Crippen molar-refractivity contribution in [2.75, 3.05) is 52.9 Å². The van der Waals surface area contributed by atoms with Crippen molar-refractivity contribution in [3.8, 4) is 23.0 Å². The van der Waals surface area contributed by atoms with Crippen LogP contribution in [0.3, 0.4) is 0 Å². The molecule has 54 heavy (non-hydrogen) atoms. The minimum atomic E-state index is -3.10. The molecule has 308 valence electrons. The van der Waals surface area contributed by atoms with E-state index in [1.807, 2.05) is 119 Å². The minimum absolute atomic E-state index is 0.0592. The minimum Gasteiger partial charge on any atom is -0.487 e. The third-order valence-corrected chi connectivity index (χ3v) is 14.0. The Morgan fingerprint density at radius 1 is 0.389 bits per heavy atom. The Morgan fingerprint density at radius 3 is 0.907 bits per heavy atom. The number of benzene rings is 2. The zero-order chi connectivity index (χ0) is 39.7. The van der Waals surface area contributed by atoms with Crippen LogP contribution >= 0.6 is 0 Å². The lowest BCUT2D eigenvalue weighted by Gasteiger charge is -2.34. The van der Waals surface area contributed by atoms with E-state index < -0.39 is 17.6 Å². The Morgan fingerprint density at radius 2 is 0.648 bits per heavy atom. The van der Waals surface area contributed by atoms with Gasteiger partial charge in [0.1, 0.15) is 26.4 Å². The van der Waals surface area contributed by atoms with Gasteiger partial charge in [-0.15, -0.1) is 0 Å². The highest BCUT2D eigenvalue weighted by atomic mass is 28.4. The van der Waals surface area contributed by atoms with Crippen LogP contribution in [0.1, 0.15) is 94.2 Å². The van der Waals surface area contributed by atoms with Gasteiger partial charge in [0.25, 0.3) is 0 Å². The van der Waals surface area contributed by atoms with E-state index >= 15 is 0 Å². The third-order valence-electron chi connectivity index (χ3n) is 7.29. The van der Waals surface area contributed by atoms with Gasteiger partial charge in [-0.25, -0.2) is 0 Å². The van der Waals surface area contributed by atoms with Crippen LogP contribution < -0.4 is 18.9 Å². The Bertz CT molecular complexity index is 1200. The molecule has 2 aromatic rings. The quantitative estimate of drug-likeness (QED) is 0.157. The van der Waals surface area contributed by atoms with E-state index in [1.165, 1.54) is 0 Å². The van der Waals surface area contributed by atoms with E-state index in [2.05, 4.69) is 0 Å². The zero-order valence-electron chi connectivity index (χ0n) is 34.9. The fourth-order valence-corrected chi connectivity index (χ4v) is 12.5. The number of hydrogen-bond acceptors (Lipinski definition) is 12. The molecule has 0 unspecified atom stereocenters. The van der Waals surface area contributed by atoms with Crippen molar-refractivity contribution in [1.29, 1.82) is 0 Å². The molecule has 0 amide bonds. The first-order valence-corrected chi connectivity index (χ1v) is 23.4. The fraction of sp³-hybridized carbons (Fsp3) is 0.700. The van der Waals surface area contributed by atoms with Crippen molar-refractivity contribution in [1.82, 2.24) is 0 Å². The van der Waals surface area contributed by atoms with Gasteiger partial charge in [0.15, 0.2) is 23.0 Å². The first-order chi connectivity index (χ1) is 25.6. The molecule has 1 aliphatic heterocycles. The molecular formula is C40H68O12Si2. The van der Waals surface area contributed by atoms with Crippen LogP contribution in [0.25, 0.3) is 0 Å². The molecule has 0 fully saturated rings. The Hall–Kier alpha value is -2.25. The first-order valence-electron chi connectivity index (χ1n) is 19.6. The highest BCUT2D eigenvalue weighted by Gasteiger charge is 2.46. The maximum atomic E-state index is 6.42. The molecule has 2 aromatic carbocycles. The average Bonchev–Trinajstić information content (AvgIpc) is 3.02. The van der Waals surface area contributed by atoms with Gasteiger partial charge in [0.2, 0.25) is 0 Å². The maximum absolute atomic E-state index is 6.42. The number of ether oxygens (including phenoxy) is 6. The lowest BCUT2D eigenvalue weighted by Crippen LogP contribution is -2.53. The van der Waals surface area contributed by atoms with Gasteiger partial charge >= 0.3 is 17.6 Å². The number of rotatable bonds is 16. The molecule has 1 aliphatic rings. The Kier molecular flexibility index (Phi) is 19.7. The van der Waals surface area contributed by atoms with E-state index in [0.717, 1.165) is 11.1 Å². The SMILES string of the molecule is CC(C)O[Si](Cc1ccc2c(c1)OCCOCCOc1ccc(C[Si](OC(C)C)(OC(C)C)OC(C)C)cc1OCCOCCO2)(OC(C)C)OC(C)C. The predicted octanol–water partition coefficient (Wildman–Crippen LogP) is 7.54. The molecule has 0 saturated carbocycles. The molecule has 0 aromatic heterocycles. The summed E-state index contributed by atoms with van der Waals surface area (Å²) in [5, 5.41) is 0. The van der Waals surface area contributed by atoms with Gasteiger partial charge in [-0.1, -0.05) is 12.1 Å². The van der Waals surface area contributed by atoms with Gasteiger partial charge < -0.3 is 55.0 Å². The van der Waals surface area contributed by atoms with Crippen LogP contribution in [-0.2, 0) is 48.1 Å². The van der Waals surface area contributed by atoms with Crippen LogP contribution in [0.15, 0.2) is 36.4 Å². The first kappa shape index (κ1) is 46.1. The van der Waals surface area contributed by atoms with E-state index in [0.29, 0.717) is 87.9 Å². The maximum Gasteiger partial charge on any atom is 0.506 e. The number of hydrogen-bond donors (Lipinski definition) is 0. The normalized spacial score (nSPS) is 15.7. The van der Waals surface area contributed by atoms with Crippen LogP contribution in [-0.4, -0.2) is 107 Å². The van der Waals surface area contributed by atoms with Crippen molar-refractivity contribution < 1.29 is 55.0 Å². The molecule has 0 aliphatic carbocycles. The second-order valence-electron chi connectivity index (χ2n) is 14.9. The number of fused-ring (bicyclic) bond motifs is 2. The highest BCUT2D eigenvalue weighted by Crippen LogP contribution is 2.33. The zero-order valence-corrected chi connectivity index (χ0v) is 36.9. The average molecular weight is 797 g/mol. The van der Waals surface area contributed by atoms with E-state index in [9.17, 15) is 0 Å². The lowest BCUT2D eigenvalue weighted by atomic mass is 10.2. The summed E-state index contributed by atoms with van der Waals surface area (Å²) < 4.78 is 75.1. The molecule has 0 N–H and O–H groups in total. The van der Waals surface area contributed by atoms with E-state index in [4.69, 9.17) is 55.0 Å². The standard InChI is InChI=1S/C40H68O12Si2/c1-29(2)47-53(48-30(3)4,49-31(5)6)27-35-13-15-37-39(25-35)45-23-19-41-18-22-44-38-16-14-36(26-40(38)46-24-20-42-17-21-43-37)28-54(50-32(7)8,51-33(9)10)52-34(11)12/h13-16,25-26,29-34H,17-24,27-28H2,1-12H3. The van der Waals surface area contributed by atoms with Crippen molar-refractivity contribution in [2.24, 2.45) is 0 Å². The molecule has 0 radical (unpaired) electrons. The summed E-state index contributed by atoms with van der Waals surface area (Å²) in [4.78, 5) is 0. The molecular weight excluding hydrogens is 729 g/mol. The summed E-state index contributed by atoms with van der Waals surface area (Å²) in [5.41, 5.74) is 1.94. The summed E-state index contributed by atoms with van der Waals surface area (Å²) in [5.74, 6) is 2.43. The topological polar surface area (TPSA) is 111 Å². The molecule has 0 bridgehead atoms.